The van der Waals surface area contributed by atoms with Gasteiger partial charge in [0, 0.05) is 6.54 Å². The SMILES string of the molecule is Cc1ccccc1Oc1ccc(S(=O)(=O)N2CCC[C@@H]2C(=O)O)cc1. The fourth-order valence-electron chi connectivity index (χ4n) is 2.89. The lowest BCUT2D eigenvalue weighted by Crippen LogP contribution is -2.40. The Balaban J connectivity index is 1.82. The van der Waals surface area contributed by atoms with Crippen molar-refractivity contribution in [3.8, 4) is 11.5 Å². The Morgan fingerprint density at radius 1 is 1.16 bits per heavy atom. The van der Waals surface area contributed by atoms with Gasteiger partial charge >= 0.3 is 5.97 Å². The van der Waals surface area contributed by atoms with Crippen molar-refractivity contribution < 1.29 is 23.1 Å². The topological polar surface area (TPSA) is 83.9 Å². The van der Waals surface area contributed by atoms with Crippen molar-refractivity contribution in [1.29, 1.82) is 0 Å². The molecule has 7 heteroatoms. The normalized spacial score (nSPS) is 18.2. The molecule has 132 valence electrons. The number of carbonyl (C=O) groups is 1. The van der Waals surface area contributed by atoms with Crippen LogP contribution < -0.4 is 4.74 Å². The maximum absolute atomic E-state index is 12.7. The van der Waals surface area contributed by atoms with Crippen LogP contribution in [0.2, 0.25) is 0 Å². The molecule has 0 aromatic heterocycles. The van der Waals surface area contributed by atoms with Crippen molar-refractivity contribution in [3.05, 3.63) is 54.1 Å². The number of rotatable bonds is 5. The summed E-state index contributed by atoms with van der Waals surface area (Å²) in [5.74, 6) is 0.105. The number of carboxylic acid groups (broad SMARTS) is 1. The molecule has 3 rings (SSSR count). The molecule has 0 aliphatic carbocycles. The number of ether oxygens (including phenoxy) is 1. The number of para-hydroxylation sites is 1. The monoisotopic (exact) mass is 361 g/mol. The summed E-state index contributed by atoms with van der Waals surface area (Å²) in [6.45, 7) is 2.15. The summed E-state index contributed by atoms with van der Waals surface area (Å²) in [5.41, 5.74) is 0.973. The van der Waals surface area contributed by atoms with Crippen molar-refractivity contribution in [2.45, 2.75) is 30.7 Å². The number of aliphatic carboxylic acids is 1. The van der Waals surface area contributed by atoms with Crippen LogP contribution in [-0.4, -0.2) is 36.4 Å². The molecule has 0 spiro atoms. The van der Waals surface area contributed by atoms with Gasteiger partial charge in [0.05, 0.1) is 4.90 Å². The summed E-state index contributed by atoms with van der Waals surface area (Å²) in [4.78, 5) is 11.3. The fourth-order valence-corrected chi connectivity index (χ4v) is 4.54. The Hall–Kier alpha value is -2.38. The summed E-state index contributed by atoms with van der Waals surface area (Å²) in [6, 6.07) is 12.6. The number of sulfonamides is 1. The minimum absolute atomic E-state index is 0.0674. The third-order valence-electron chi connectivity index (χ3n) is 4.24. The van der Waals surface area contributed by atoms with Gasteiger partial charge in [-0.05, 0) is 55.7 Å². The van der Waals surface area contributed by atoms with Crippen LogP contribution >= 0.6 is 0 Å². The van der Waals surface area contributed by atoms with E-state index in [-0.39, 0.29) is 11.4 Å². The quantitative estimate of drug-likeness (QED) is 0.885. The first-order chi connectivity index (χ1) is 11.9. The molecule has 25 heavy (non-hydrogen) atoms. The zero-order valence-electron chi connectivity index (χ0n) is 13.8. The average molecular weight is 361 g/mol. The van der Waals surface area contributed by atoms with Gasteiger partial charge in [-0.3, -0.25) is 4.79 Å². The Labute approximate surface area is 146 Å². The second kappa shape index (κ2) is 6.85. The molecule has 1 aliphatic rings. The lowest BCUT2D eigenvalue weighted by atomic mass is 10.2. The molecule has 6 nitrogen and oxygen atoms in total. The van der Waals surface area contributed by atoms with Crippen molar-refractivity contribution in [3.63, 3.8) is 0 Å². The number of nitrogens with zero attached hydrogens (tertiary/aromatic N) is 1. The zero-order chi connectivity index (χ0) is 18.0. The van der Waals surface area contributed by atoms with E-state index in [2.05, 4.69) is 0 Å². The van der Waals surface area contributed by atoms with Gasteiger partial charge in [0.1, 0.15) is 17.5 Å². The predicted molar refractivity (Wildman–Crippen MR) is 92.2 cm³/mol. The number of hydrogen-bond donors (Lipinski definition) is 1. The molecule has 1 saturated heterocycles. The molecule has 0 unspecified atom stereocenters. The highest BCUT2D eigenvalue weighted by Crippen LogP contribution is 2.29. The van der Waals surface area contributed by atoms with E-state index in [9.17, 15) is 18.3 Å². The number of carboxylic acids is 1. The molecule has 1 heterocycles. The first-order valence-corrected chi connectivity index (χ1v) is 9.42. The first-order valence-electron chi connectivity index (χ1n) is 7.98. The zero-order valence-corrected chi connectivity index (χ0v) is 14.6. The highest BCUT2D eigenvalue weighted by Gasteiger charge is 2.39. The molecule has 1 aliphatic heterocycles. The van der Waals surface area contributed by atoms with Gasteiger partial charge in [-0.15, -0.1) is 0 Å². The third-order valence-corrected chi connectivity index (χ3v) is 6.16. The van der Waals surface area contributed by atoms with E-state index in [0.29, 0.717) is 24.3 Å². The van der Waals surface area contributed by atoms with E-state index in [0.717, 1.165) is 9.87 Å². The van der Waals surface area contributed by atoms with Gasteiger partial charge in [-0.25, -0.2) is 8.42 Å². The van der Waals surface area contributed by atoms with Crippen LogP contribution in [0.1, 0.15) is 18.4 Å². The second-order valence-electron chi connectivity index (χ2n) is 5.95. The van der Waals surface area contributed by atoms with Gasteiger partial charge in [0.2, 0.25) is 10.0 Å². The molecule has 0 amide bonds. The van der Waals surface area contributed by atoms with E-state index in [4.69, 9.17) is 4.74 Å². The maximum atomic E-state index is 12.7. The molecular weight excluding hydrogens is 342 g/mol. The summed E-state index contributed by atoms with van der Waals surface area (Å²) in [5, 5.41) is 9.20. The fraction of sp³-hybridized carbons (Fsp3) is 0.278. The minimum Gasteiger partial charge on any atom is -0.480 e. The molecule has 1 N–H and O–H groups in total. The van der Waals surface area contributed by atoms with E-state index in [1.807, 2.05) is 31.2 Å². The van der Waals surface area contributed by atoms with Crippen molar-refractivity contribution >= 4 is 16.0 Å². The van der Waals surface area contributed by atoms with E-state index < -0.39 is 22.0 Å². The van der Waals surface area contributed by atoms with Crippen LogP contribution in [0, 0.1) is 6.92 Å². The van der Waals surface area contributed by atoms with Gasteiger partial charge in [0.25, 0.3) is 0 Å². The Kier molecular flexibility index (Phi) is 4.78. The minimum atomic E-state index is -3.83. The van der Waals surface area contributed by atoms with Crippen LogP contribution in [0.3, 0.4) is 0 Å². The summed E-state index contributed by atoms with van der Waals surface area (Å²) in [6.07, 6.45) is 0.883. The molecule has 1 atom stereocenters. The van der Waals surface area contributed by atoms with Gasteiger partial charge in [-0.2, -0.15) is 4.31 Å². The molecule has 0 radical (unpaired) electrons. The van der Waals surface area contributed by atoms with Gasteiger partial charge < -0.3 is 9.84 Å². The summed E-state index contributed by atoms with van der Waals surface area (Å²) < 4.78 is 32.2. The van der Waals surface area contributed by atoms with Crippen molar-refractivity contribution in [2.24, 2.45) is 0 Å². The Morgan fingerprint density at radius 2 is 1.84 bits per heavy atom. The third kappa shape index (κ3) is 3.52. The summed E-state index contributed by atoms with van der Waals surface area (Å²) >= 11 is 0. The molecule has 0 bridgehead atoms. The molecule has 1 fully saturated rings. The highest BCUT2D eigenvalue weighted by atomic mass is 32.2. The van der Waals surface area contributed by atoms with Crippen LogP contribution in [0.5, 0.6) is 11.5 Å². The smallest absolute Gasteiger partial charge is 0.322 e. The number of benzene rings is 2. The van der Waals surface area contributed by atoms with E-state index in [1.165, 1.54) is 12.1 Å². The van der Waals surface area contributed by atoms with Crippen molar-refractivity contribution in [2.75, 3.05) is 6.54 Å². The highest BCUT2D eigenvalue weighted by molar-refractivity contribution is 7.89. The van der Waals surface area contributed by atoms with E-state index in [1.54, 1.807) is 12.1 Å². The lowest BCUT2D eigenvalue weighted by molar-refractivity contribution is -0.140. The maximum Gasteiger partial charge on any atom is 0.322 e. The molecule has 2 aromatic rings. The van der Waals surface area contributed by atoms with Crippen LogP contribution in [0.25, 0.3) is 0 Å². The average Bonchev–Trinajstić information content (AvgIpc) is 3.08. The van der Waals surface area contributed by atoms with Crippen LogP contribution in [-0.2, 0) is 14.8 Å². The number of aryl methyl sites for hydroxylation is 1. The van der Waals surface area contributed by atoms with Crippen LogP contribution in [0.4, 0.5) is 0 Å². The van der Waals surface area contributed by atoms with Crippen LogP contribution in [0.15, 0.2) is 53.4 Å². The predicted octanol–water partition coefficient (Wildman–Crippen LogP) is 3.03. The summed E-state index contributed by atoms with van der Waals surface area (Å²) in [7, 11) is -3.83. The standard InChI is InChI=1S/C18H19NO5S/c1-13-5-2-3-7-17(13)24-14-8-10-15(11-9-14)25(22,23)19-12-4-6-16(19)18(20)21/h2-3,5,7-11,16H,4,6,12H2,1H3,(H,20,21)/t16-/m1/s1. The molecule has 0 saturated carbocycles. The largest absolute Gasteiger partial charge is 0.480 e. The van der Waals surface area contributed by atoms with Crippen molar-refractivity contribution in [1.82, 2.24) is 4.31 Å². The second-order valence-corrected chi connectivity index (χ2v) is 7.84. The van der Waals surface area contributed by atoms with E-state index >= 15 is 0 Å². The first kappa shape index (κ1) is 17.4. The Morgan fingerprint density at radius 3 is 2.48 bits per heavy atom. The molecule has 2 aromatic carbocycles. The van der Waals surface area contributed by atoms with Gasteiger partial charge in [0.15, 0.2) is 0 Å². The number of hydrogen-bond acceptors (Lipinski definition) is 4. The van der Waals surface area contributed by atoms with Gasteiger partial charge in [-0.1, -0.05) is 18.2 Å². The molecular formula is C18H19NO5S. The Bertz CT molecular complexity index is 877. The lowest BCUT2D eigenvalue weighted by Gasteiger charge is -2.21.